The predicted octanol–water partition coefficient (Wildman–Crippen LogP) is 1.23. The van der Waals surface area contributed by atoms with Gasteiger partial charge in [-0.15, -0.1) is 0 Å². The Balaban J connectivity index is 1.71. The highest BCUT2D eigenvalue weighted by Crippen LogP contribution is 2.26. The molecule has 0 N–H and O–H groups in total. The molecule has 116 valence electrons. The van der Waals surface area contributed by atoms with Gasteiger partial charge in [0.15, 0.2) is 0 Å². The molecule has 21 heavy (non-hydrogen) atoms. The maximum atomic E-state index is 12.7. The quantitative estimate of drug-likeness (QED) is 0.838. The van der Waals surface area contributed by atoms with E-state index in [4.69, 9.17) is 9.47 Å². The smallest absolute Gasteiger partial charge is 0.226 e. The molecule has 1 atom stereocenters. The van der Waals surface area contributed by atoms with Gasteiger partial charge in [0.2, 0.25) is 5.91 Å². The summed E-state index contributed by atoms with van der Waals surface area (Å²) in [6.07, 6.45) is 4.38. The Bertz CT molecular complexity index is 482. The van der Waals surface area contributed by atoms with Crippen LogP contribution in [0, 0.1) is 5.92 Å². The molecule has 1 amide bonds. The molecule has 1 aromatic rings. The molecule has 0 aromatic carbocycles. The Morgan fingerprint density at radius 2 is 2.29 bits per heavy atom. The van der Waals surface area contributed by atoms with Crippen molar-refractivity contribution in [2.45, 2.75) is 31.8 Å². The number of carbonyl (C=O) groups is 1. The maximum Gasteiger partial charge on any atom is 0.226 e. The Labute approximate surface area is 125 Å². The SMILES string of the molecule is COCC[C@H]1CN(C(=O)C2CCOCC2)Cc2ccnn21. The Hall–Kier alpha value is -1.40. The lowest BCUT2D eigenvalue weighted by atomic mass is 9.97. The van der Waals surface area contributed by atoms with Crippen LogP contribution in [0.4, 0.5) is 0 Å². The van der Waals surface area contributed by atoms with Crippen LogP contribution in [0.2, 0.25) is 0 Å². The van der Waals surface area contributed by atoms with E-state index in [1.165, 1.54) is 0 Å². The van der Waals surface area contributed by atoms with Crippen molar-refractivity contribution in [2.75, 3.05) is 33.5 Å². The zero-order valence-corrected chi connectivity index (χ0v) is 12.5. The second kappa shape index (κ2) is 6.58. The molecule has 6 heteroatoms. The monoisotopic (exact) mass is 293 g/mol. The molecule has 0 saturated carbocycles. The first-order valence-electron chi connectivity index (χ1n) is 7.67. The number of nitrogens with zero attached hydrogens (tertiary/aromatic N) is 3. The Morgan fingerprint density at radius 1 is 1.48 bits per heavy atom. The van der Waals surface area contributed by atoms with Gasteiger partial charge in [-0.05, 0) is 25.3 Å². The van der Waals surface area contributed by atoms with E-state index >= 15 is 0 Å². The van der Waals surface area contributed by atoms with E-state index < -0.39 is 0 Å². The fourth-order valence-corrected chi connectivity index (χ4v) is 3.23. The molecule has 6 nitrogen and oxygen atoms in total. The second-order valence-corrected chi connectivity index (χ2v) is 5.81. The van der Waals surface area contributed by atoms with Crippen molar-refractivity contribution in [1.29, 1.82) is 0 Å². The van der Waals surface area contributed by atoms with Crippen LogP contribution in [-0.2, 0) is 20.8 Å². The topological polar surface area (TPSA) is 56.6 Å². The van der Waals surface area contributed by atoms with Crippen molar-refractivity contribution < 1.29 is 14.3 Å². The maximum absolute atomic E-state index is 12.7. The summed E-state index contributed by atoms with van der Waals surface area (Å²) < 4.78 is 12.6. The lowest BCUT2D eigenvalue weighted by Gasteiger charge is -2.36. The van der Waals surface area contributed by atoms with Crippen LogP contribution in [-0.4, -0.2) is 54.1 Å². The lowest BCUT2D eigenvalue weighted by molar-refractivity contribution is -0.140. The summed E-state index contributed by atoms with van der Waals surface area (Å²) in [4.78, 5) is 14.7. The van der Waals surface area contributed by atoms with E-state index in [9.17, 15) is 4.79 Å². The van der Waals surface area contributed by atoms with E-state index in [1.807, 2.05) is 21.8 Å². The van der Waals surface area contributed by atoms with Gasteiger partial charge in [-0.3, -0.25) is 9.48 Å². The average Bonchev–Trinajstić information content (AvgIpc) is 3.01. The Morgan fingerprint density at radius 3 is 3.05 bits per heavy atom. The third kappa shape index (κ3) is 3.11. The fraction of sp³-hybridized carbons (Fsp3) is 0.733. The highest BCUT2D eigenvalue weighted by molar-refractivity contribution is 5.79. The first kappa shape index (κ1) is 14.5. The van der Waals surface area contributed by atoms with Crippen LogP contribution < -0.4 is 0 Å². The minimum Gasteiger partial charge on any atom is -0.385 e. The van der Waals surface area contributed by atoms with Crippen LogP contribution in [0.15, 0.2) is 12.3 Å². The zero-order chi connectivity index (χ0) is 14.7. The van der Waals surface area contributed by atoms with E-state index in [1.54, 1.807) is 7.11 Å². The lowest BCUT2D eigenvalue weighted by Crippen LogP contribution is -2.45. The number of carbonyl (C=O) groups excluding carboxylic acids is 1. The van der Waals surface area contributed by atoms with Crippen molar-refractivity contribution in [3.05, 3.63) is 18.0 Å². The summed E-state index contributed by atoms with van der Waals surface area (Å²) in [5.41, 5.74) is 1.11. The van der Waals surface area contributed by atoms with E-state index in [0.29, 0.717) is 26.4 Å². The number of ether oxygens (including phenoxy) is 2. The number of aromatic nitrogens is 2. The van der Waals surface area contributed by atoms with Gasteiger partial charge in [0.25, 0.3) is 0 Å². The number of methoxy groups -OCH3 is 1. The largest absolute Gasteiger partial charge is 0.385 e. The molecule has 2 aliphatic rings. The van der Waals surface area contributed by atoms with E-state index in [2.05, 4.69) is 5.10 Å². The summed E-state index contributed by atoms with van der Waals surface area (Å²) in [6.45, 7) is 3.49. The molecule has 0 aliphatic carbocycles. The molecule has 0 bridgehead atoms. The molecule has 3 heterocycles. The molecular formula is C15H23N3O3. The second-order valence-electron chi connectivity index (χ2n) is 5.81. The number of rotatable bonds is 4. The standard InChI is InChI=1S/C15H23N3O3/c1-20-7-5-14-11-17(10-13-2-6-16-18(13)14)15(19)12-3-8-21-9-4-12/h2,6,12,14H,3-5,7-11H2,1H3/t14-/m0/s1. The molecule has 0 spiro atoms. The molecule has 3 rings (SSSR count). The highest BCUT2D eigenvalue weighted by Gasteiger charge is 2.32. The zero-order valence-electron chi connectivity index (χ0n) is 12.5. The van der Waals surface area contributed by atoms with Crippen molar-refractivity contribution in [3.63, 3.8) is 0 Å². The van der Waals surface area contributed by atoms with Gasteiger partial charge in [0.05, 0.1) is 18.3 Å². The van der Waals surface area contributed by atoms with Gasteiger partial charge in [0.1, 0.15) is 0 Å². The van der Waals surface area contributed by atoms with Crippen LogP contribution in [0.5, 0.6) is 0 Å². The van der Waals surface area contributed by atoms with Crippen molar-refractivity contribution in [2.24, 2.45) is 5.92 Å². The van der Waals surface area contributed by atoms with Crippen LogP contribution in [0.3, 0.4) is 0 Å². The van der Waals surface area contributed by atoms with Crippen molar-refractivity contribution in [3.8, 4) is 0 Å². The van der Waals surface area contributed by atoms with Crippen molar-refractivity contribution in [1.82, 2.24) is 14.7 Å². The molecule has 0 radical (unpaired) electrons. The third-order valence-electron chi connectivity index (χ3n) is 4.42. The molecule has 1 aromatic heterocycles. The van der Waals surface area contributed by atoms with Gasteiger partial charge in [-0.25, -0.2) is 0 Å². The molecule has 2 aliphatic heterocycles. The van der Waals surface area contributed by atoms with E-state index in [0.717, 1.165) is 31.5 Å². The summed E-state index contributed by atoms with van der Waals surface area (Å²) >= 11 is 0. The van der Waals surface area contributed by atoms with Crippen molar-refractivity contribution >= 4 is 5.91 Å². The van der Waals surface area contributed by atoms with Gasteiger partial charge in [-0.1, -0.05) is 0 Å². The van der Waals surface area contributed by atoms with Crippen LogP contribution >= 0.6 is 0 Å². The first-order chi connectivity index (χ1) is 10.3. The van der Waals surface area contributed by atoms with Crippen LogP contribution in [0.25, 0.3) is 0 Å². The summed E-state index contributed by atoms with van der Waals surface area (Å²) in [6, 6.07) is 2.22. The summed E-state index contributed by atoms with van der Waals surface area (Å²) in [5.74, 6) is 0.393. The van der Waals surface area contributed by atoms with Gasteiger partial charge >= 0.3 is 0 Å². The van der Waals surface area contributed by atoms with Gasteiger partial charge in [0, 0.05) is 45.6 Å². The number of amides is 1. The molecular weight excluding hydrogens is 270 g/mol. The number of hydrogen-bond donors (Lipinski definition) is 0. The molecule has 1 saturated heterocycles. The van der Waals surface area contributed by atoms with E-state index in [-0.39, 0.29) is 17.9 Å². The average molecular weight is 293 g/mol. The first-order valence-corrected chi connectivity index (χ1v) is 7.67. The minimum absolute atomic E-state index is 0.122. The van der Waals surface area contributed by atoms with Crippen LogP contribution in [0.1, 0.15) is 31.0 Å². The number of fused-ring (bicyclic) bond motifs is 1. The van der Waals surface area contributed by atoms with Gasteiger partial charge in [-0.2, -0.15) is 5.10 Å². The highest BCUT2D eigenvalue weighted by atomic mass is 16.5. The number of hydrogen-bond acceptors (Lipinski definition) is 4. The molecule has 1 fully saturated rings. The summed E-state index contributed by atoms with van der Waals surface area (Å²) in [7, 11) is 1.71. The normalized spacial score (nSPS) is 23.1. The minimum atomic E-state index is 0.122. The third-order valence-corrected chi connectivity index (χ3v) is 4.42. The predicted molar refractivity (Wildman–Crippen MR) is 76.7 cm³/mol. The Kier molecular flexibility index (Phi) is 4.55. The molecule has 0 unspecified atom stereocenters. The summed E-state index contributed by atoms with van der Waals surface area (Å²) in [5, 5.41) is 4.40. The fourth-order valence-electron chi connectivity index (χ4n) is 3.23. The van der Waals surface area contributed by atoms with Gasteiger partial charge < -0.3 is 14.4 Å².